The van der Waals surface area contributed by atoms with Crippen LogP contribution in [0, 0.1) is 0 Å². The molecule has 1 aliphatic carbocycles. The number of hydrogen-bond donors (Lipinski definition) is 1. The Kier molecular flexibility index (Phi) is 5.53. The Labute approximate surface area is 106 Å². The Balaban J connectivity index is 1.56. The van der Waals surface area contributed by atoms with Gasteiger partial charge in [0.1, 0.15) is 0 Å². The van der Waals surface area contributed by atoms with Crippen molar-refractivity contribution in [3.63, 3.8) is 0 Å². The second-order valence-corrected chi connectivity index (χ2v) is 5.65. The number of likely N-dealkylation sites (tertiary alicyclic amines) is 1. The van der Waals surface area contributed by atoms with Crippen LogP contribution >= 0.6 is 0 Å². The van der Waals surface area contributed by atoms with Crippen LogP contribution in [0.15, 0.2) is 12.2 Å². The molecule has 0 spiro atoms. The molecule has 1 aliphatic heterocycles. The first-order valence-electron chi connectivity index (χ1n) is 7.50. The Hall–Kier alpha value is -0.340. The van der Waals surface area contributed by atoms with Gasteiger partial charge in [-0.15, -0.1) is 0 Å². The molecular weight excluding hydrogens is 208 g/mol. The van der Waals surface area contributed by atoms with Gasteiger partial charge in [-0.05, 0) is 65.1 Å². The second kappa shape index (κ2) is 7.17. The SMILES string of the molecule is CC1CCCCN1CCCNC1C=CCCC1. The van der Waals surface area contributed by atoms with E-state index in [1.54, 1.807) is 0 Å². The third-order valence-corrected chi connectivity index (χ3v) is 4.22. The molecule has 1 fully saturated rings. The van der Waals surface area contributed by atoms with Crippen molar-refractivity contribution in [3.8, 4) is 0 Å². The van der Waals surface area contributed by atoms with Crippen LogP contribution in [0.25, 0.3) is 0 Å². The highest BCUT2D eigenvalue weighted by Gasteiger charge is 2.17. The molecule has 2 atom stereocenters. The quantitative estimate of drug-likeness (QED) is 0.583. The van der Waals surface area contributed by atoms with E-state index in [9.17, 15) is 0 Å². The highest BCUT2D eigenvalue weighted by Crippen LogP contribution is 2.16. The average Bonchev–Trinajstić information content (AvgIpc) is 2.38. The molecule has 0 amide bonds. The predicted octanol–water partition coefficient (Wildman–Crippen LogP) is 2.95. The smallest absolute Gasteiger partial charge is 0.0250 e. The van der Waals surface area contributed by atoms with E-state index < -0.39 is 0 Å². The summed E-state index contributed by atoms with van der Waals surface area (Å²) in [6, 6.07) is 1.47. The summed E-state index contributed by atoms with van der Waals surface area (Å²) in [5, 5.41) is 3.66. The molecule has 2 rings (SSSR count). The van der Waals surface area contributed by atoms with Crippen molar-refractivity contribution in [3.05, 3.63) is 12.2 Å². The van der Waals surface area contributed by atoms with Crippen molar-refractivity contribution in [1.29, 1.82) is 0 Å². The van der Waals surface area contributed by atoms with Crippen molar-refractivity contribution in [2.45, 2.75) is 64.0 Å². The molecule has 2 unspecified atom stereocenters. The van der Waals surface area contributed by atoms with Crippen molar-refractivity contribution in [2.24, 2.45) is 0 Å². The van der Waals surface area contributed by atoms with Crippen LogP contribution < -0.4 is 5.32 Å². The molecule has 0 aromatic heterocycles. The summed E-state index contributed by atoms with van der Waals surface area (Å²) in [6.07, 6.45) is 14.2. The van der Waals surface area contributed by atoms with Crippen molar-refractivity contribution in [2.75, 3.05) is 19.6 Å². The summed E-state index contributed by atoms with van der Waals surface area (Å²) in [5.41, 5.74) is 0. The molecule has 2 heteroatoms. The van der Waals surface area contributed by atoms with Crippen LogP contribution in [-0.2, 0) is 0 Å². The predicted molar refractivity (Wildman–Crippen MR) is 74.3 cm³/mol. The lowest BCUT2D eigenvalue weighted by molar-refractivity contribution is 0.158. The first-order chi connectivity index (χ1) is 8.36. The van der Waals surface area contributed by atoms with Gasteiger partial charge >= 0.3 is 0 Å². The first kappa shape index (κ1) is 13.1. The van der Waals surface area contributed by atoms with Crippen LogP contribution in [0.1, 0.15) is 51.9 Å². The molecule has 1 heterocycles. The Morgan fingerprint density at radius 3 is 2.94 bits per heavy atom. The molecule has 1 saturated heterocycles. The van der Waals surface area contributed by atoms with E-state index in [4.69, 9.17) is 0 Å². The van der Waals surface area contributed by atoms with E-state index in [1.165, 1.54) is 64.6 Å². The largest absolute Gasteiger partial charge is 0.310 e. The zero-order valence-electron chi connectivity index (χ0n) is 11.3. The fourth-order valence-electron chi connectivity index (χ4n) is 3.04. The van der Waals surface area contributed by atoms with Gasteiger partial charge in [-0.2, -0.15) is 0 Å². The van der Waals surface area contributed by atoms with Gasteiger partial charge in [-0.25, -0.2) is 0 Å². The zero-order chi connectivity index (χ0) is 11.9. The van der Waals surface area contributed by atoms with Crippen LogP contribution in [0.3, 0.4) is 0 Å². The number of allylic oxidation sites excluding steroid dienone is 1. The summed E-state index contributed by atoms with van der Waals surface area (Å²) in [6.45, 7) is 6.17. The first-order valence-corrected chi connectivity index (χ1v) is 7.50. The molecule has 0 radical (unpaired) electrons. The molecule has 0 aromatic carbocycles. The molecule has 2 nitrogen and oxygen atoms in total. The fourth-order valence-corrected chi connectivity index (χ4v) is 3.04. The molecule has 2 aliphatic rings. The van der Waals surface area contributed by atoms with Crippen LogP contribution in [0.2, 0.25) is 0 Å². The van der Waals surface area contributed by atoms with E-state index in [2.05, 4.69) is 29.3 Å². The minimum Gasteiger partial charge on any atom is -0.310 e. The summed E-state index contributed by atoms with van der Waals surface area (Å²) >= 11 is 0. The highest BCUT2D eigenvalue weighted by atomic mass is 15.2. The van der Waals surface area contributed by atoms with E-state index >= 15 is 0 Å². The third kappa shape index (κ3) is 4.44. The van der Waals surface area contributed by atoms with Gasteiger partial charge < -0.3 is 10.2 Å². The highest BCUT2D eigenvalue weighted by molar-refractivity contribution is 4.97. The maximum Gasteiger partial charge on any atom is 0.0250 e. The number of nitrogens with one attached hydrogen (secondary N) is 1. The monoisotopic (exact) mass is 236 g/mol. The molecule has 17 heavy (non-hydrogen) atoms. The summed E-state index contributed by atoms with van der Waals surface area (Å²) in [4.78, 5) is 2.67. The molecule has 0 bridgehead atoms. The average molecular weight is 236 g/mol. The standard InChI is InChI=1S/C15H28N2/c1-14-8-5-6-12-17(14)13-7-11-16-15-9-3-2-4-10-15/h3,9,14-16H,2,4-8,10-13H2,1H3. The zero-order valence-corrected chi connectivity index (χ0v) is 11.3. The van der Waals surface area contributed by atoms with Gasteiger partial charge in [-0.1, -0.05) is 18.6 Å². The molecule has 98 valence electrons. The molecular formula is C15H28N2. The number of hydrogen-bond acceptors (Lipinski definition) is 2. The van der Waals surface area contributed by atoms with Gasteiger partial charge in [-0.3, -0.25) is 0 Å². The summed E-state index contributed by atoms with van der Waals surface area (Å²) in [7, 11) is 0. The van der Waals surface area contributed by atoms with Crippen molar-refractivity contribution < 1.29 is 0 Å². The van der Waals surface area contributed by atoms with Crippen molar-refractivity contribution >= 4 is 0 Å². The van der Waals surface area contributed by atoms with E-state index in [0.717, 1.165) is 6.04 Å². The molecule has 0 aromatic rings. The molecule has 1 N–H and O–H groups in total. The van der Waals surface area contributed by atoms with E-state index in [0.29, 0.717) is 6.04 Å². The topological polar surface area (TPSA) is 15.3 Å². The van der Waals surface area contributed by atoms with E-state index in [-0.39, 0.29) is 0 Å². The third-order valence-electron chi connectivity index (χ3n) is 4.22. The minimum atomic E-state index is 0.655. The van der Waals surface area contributed by atoms with Gasteiger partial charge in [0.15, 0.2) is 0 Å². The second-order valence-electron chi connectivity index (χ2n) is 5.65. The normalized spacial score (nSPS) is 30.6. The minimum absolute atomic E-state index is 0.655. The van der Waals surface area contributed by atoms with Gasteiger partial charge in [0.25, 0.3) is 0 Å². The number of rotatable bonds is 5. The lowest BCUT2D eigenvalue weighted by Crippen LogP contribution is -2.39. The van der Waals surface area contributed by atoms with Crippen LogP contribution in [-0.4, -0.2) is 36.6 Å². The maximum absolute atomic E-state index is 3.66. The van der Waals surface area contributed by atoms with Crippen LogP contribution in [0.5, 0.6) is 0 Å². The maximum atomic E-state index is 3.66. The number of piperidine rings is 1. The van der Waals surface area contributed by atoms with Gasteiger partial charge in [0, 0.05) is 12.1 Å². The fraction of sp³-hybridized carbons (Fsp3) is 0.867. The Morgan fingerprint density at radius 1 is 1.24 bits per heavy atom. The Morgan fingerprint density at radius 2 is 2.18 bits per heavy atom. The number of nitrogens with zero attached hydrogens (tertiary/aromatic N) is 1. The summed E-state index contributed by atoms with van der Waals surface area (Å²) < 4.78 is 0. The summed E-state index contributed by atoms with van der Waals surface area (Å²) in [5.74, 6) is 0. The van der Waals surface area contributed by atoms with Crippen molar-refractivity contribution in [1.82, 2.24) is 10.2 Å². The lowest BCUT2D eigenvalue weighted by atomic mass is 10.0. The Bertz CT molecular complexity index is 237. The van der Waals surface area contributed by atoms with E-state index in [1.807, 2.05) is 0 Å². The van der Waals surface area contributed by atoms with Crippen LogP contribution in [0.4, 0.5) is 0 Å². The lowest BCUT2D eigenvalue weighted by Gasteiger charge is -2.33. The van der Waals surface area contributed by atoms with Gasteiger partial charge in [0.05, 0.1) is 0 Å². The molecule has 0 saturated carbocycles. The van der Waals surface area contributed by atoms with Gasteiger partial charge in [0.2, 0.25) is 0 Å².